The predicted molar refractivity (Wildman–Crippen MR) is 131 cm³/mol. The average molecular weight is 458 g/mol. The Kier molecular flexibility index (Phi) is 6.49. The smallest absolute Gasteiger partial charge is 0.348 e. The van der Waals surface area contributed by atoms with Crippen LogP contribution in [0.3, 0.4) is 0 Å². The predicted octanol–water partition coefficient (Wildman–Crippen LogP) is 3.54. The standard InChI is InChI=1S/C26H27N5O3/c1-16-12-19(15-20(13-16)33-2)21(14-17-8-10-18(11-9-17)24(27)28)25-29-26(32)31(30-25)22-6-4-5-7-23(22)34-3/h4-13,15,21H,14H2,1-3H3,(H3,27,28)(H,29,30,32). The highest BCUT2D eigenvalue weighted by Gasteiger charge is 2.22. The molecule has 4 N–H and O–H groups in total. The Balaban J connectivity index is 1.81. The zero-order valence-corrected chi connectivity index (χ0v) is 19.3. The van der Waals surface area contributed by atoms with Crippen molar-refractivity contribution in [2.24, 2.45) is 5.73 Å². The van der Waals surface area contributed by atoms with Crippen molar-refractivity contribution in [2.45, 2.75) is 19.3 Å². The minimum absolute atomic E-state index is 0.0198. The van der Waals surface area contributed by atoms with Crippen LogP contribution < -0.4 is 20.9 Å². The number of ether oxygens (including phenoxy) is 2. The molecule has 0 radical (unpaired) electrons. The van der Waals surface area contributed by atoms with Crippen molar-refractivity contribution in [2.75, 3.05) is 14.2 Å². The summed E-state index contributed by atoms with van der Waals surface area (Å²) in [4.78, 5) is 15.9. The lowest BCUT2D eigenvalue weighted by Crippen LogP contribution is -2.16. The van der Waals surface area contributed by atoms with Gasteiger partial charge in [0.2, 0.25) is 0 Å². The molecule has 174 valence electrons. The third kappa shape index (κ3) is 4.71. The first-order valence-corrected chi connectivity index (χ1v) is 10.8. The van der Waals surface area contributed by atoms with Gasteiger partial charge in [-0.2, -0.15) is 4.68 Å². The molecule has 1 aromatic heterocycles. The second-order valence-corrected chi connectivity index (χ2v) is 8.05. The Hall–Kier alpha value is -4.33. The molecule has 3 aromatic carbocycles. The number of aromatic amines is 1. The van der Waals surface area contributed by atoms with Gasteiger partial charge in [-0.15, -0.1) is 5.10 Å². The van der Waals surface area contributed by atoms with Crippen LogP contribution in [0.4, 0.5) is 0 Å². The van der Waals surface area contributed by atoms with Crippen molar-refractivity contribution in [3.8, 4) is 17.2 Å². The Morgan fingerprint density at radius 3 is 2.50 bits per heavy atom. The second kappa shape index (κ2) is 9.66. The number of nitrogen functional groups attached to an aromatic ring is 1. The molecule has 4 rings (SSSR count). The van der Waals surface area contributed by atoms with E-state index in [-0.39, 0.29) is 17.4 Å². The number of hydrogen-bond acceptors (Lipinski definition) is 5. The minimum Gasteiger partial charge on any atom is -0.497 e. The summed E-state index contributed by atoms with van der Waals surface area (Å²) in [6, 6.07) is 20.7. The fraction of sp³-hybridized carbons (Fsp3) is 0.192. The molecular formula is C26H27N5O3. The molecule has 4 aromatic rings. The number of nitrogens with one attached hydrogen (secondary N) is 2. The summed E-state index contributed by atoms with van der Waals surface area (Å²) in [5, 5.41) is 12.3. The average Bonchev–Trinajstić information content (AvgIpc) is 3.23. The topological polar surface area (TPSA) is 119 Å². The molecule has 1 heterocycles. The molecule has 0 saturated carbocycles. The van der Waals surface area contributed by atoms with Crippen molar-refractivity contribution in [3.05, 3.63) is 105 Å². The van der Waals surface area contributed by atoms with Crippen LogP contribution in [0.15, 0.2) is 71.5 Å². The van der Waals surface area contributed by atoms with Crippen LogP contribution in [-0.2, 0) is 6.42 Å². The number of hydrogen-bond donors (Lipinski definition) is 3. The van der Waals surface area contributed by atoms with Crippen molar-refractivity contribution >= 4 is 5.84 Å². The number of aryl methyl sites for hydroxylation is 1. The lowest BCUT2D eigenvalue weighted by molar-refractivity contribution is 0.411. The Morgan fingerprint density at radius 1 is 1.09 bits per heavy atom. The lowest BCUT2D eigenvalue weighted by Gasteiger charge is -2.17. The van der Waals surface area contributed by atoms with Gasteiger partial charge < -0.3 is 15.2 Å². The number of nitrogens with two attached hydrogens (primary N) is 1. The van der Waals surface area contributed by atoms with Crippen LogP contribution in [-0.4, -0.2) is 34.8 Å². The lowest BCUT2D eigenvalue weighted by atomic mass is 9.90. The van der Waals surface area contributed by atoms with Crippen LogP contribution in [0.5, 0.6) is 11.5 Å². The van der Waals surface area contributed by atoms with Crippen LogP contribution in [0.2, 0.25) is 0 Å². The fourth-order valence-electron chi connectivity index (χ4n) is 3.99. The van der Waals surface area contributed by atoms with E-state index in [2.05, 4.69) is 16.1 Å². The molecule has 0 saturated heterocycles. The van der Waals surface area contributed by atoms with Crippen molar-refractivity contribution in [1.29, 1.82) is 5.41 Å². The van der Waals surface area contributed by atoms with Gasteiger partial charge in [0.25, 0.3) is 0 Å². The molecule has 34 heavy (non-hydrogen) atoms. The third-order valence-electron chi connectivity index (χ3n) is 5.69. The number of nitrogens with zero attached hydrogens (tertiary/aromatic N) is 2. The summed E-state index contributed by atoms with van der Waals surface area (Å²) < 4.78 is 12.2. The summed E-state index contributed by atoms with van der Waals surface area (Å²) >= 11 is 0. The van der Waals surface area contributed by atoms with E-state index in [1.807, 2.05) is 55.5 Å². The zero-order chi connectivity index (χ0) is 24.2. The van der Waals surface area contributed by atoms with E-state index in [4.69, 9.17) is 20.6 Å². The monoisotopic (exact) mass is 457 g/mol. The molecule has 8 nitrogen and oxygen atoms in total. The van der Waals surface area contributed by atoms with Gasteiger partial charge in [-0.3, -0.25) is 10.4 Å². The molecule has 0 bridgehead atoms. The van der Waals surface area contributed by atoms with Gasteiger partial charge in [-0.05, 0) is 54.3 Å². The molecule has 0 amide bonds. The Labute approximate surface area is 197 Å². The third-order valence-corrected chi connectivity index (χ3v) is 5.69. The number of benzene rings is 3. The van der Waals surface area contributed by atoms with E-state index >= 15 is 0 Å². The SMILES string of the molecule is COc1cc(C)cc(C(Cc2ccc(C(=N)N)cc2)c2nn(-c3ccccc3OC)c(=O)[nH]2)c1. The summed E-state index contributed by atoms with van der Waals surface area (Å²) in [6.07, 6.45) is 0.573. The normalized spacial score (nSPS) is 11.7. The van der Waals surface area contributed by atoms with Gasteiger partial charge in [-0.1, -0.05) is 42.5 Å². The number of aromatic nitrogens is 3. The van der Waals surface area contributed by atoms with Crippen LogP contribution in [0.25, 0.3) is 5.69 Å². The van der Waals surface area contributed by atoms with E-state index in [1.165, 1.54) is 4.68 Å². The molecule has 0 aliphatic heterocycles. The fourth-order valence-corrected chi connectivity index (χ4v) is 3.99. The molecule has 1 unspecified atom stereocenters. The van der Waals surface area contributed by atoms with E-state index in [0.29, 0.717) is 29.2 Å². The van der Waals surface area contributed by atoms with E-state index < -0.39 is 0 Å². The maximum Gasteiger partial charge on any atom is 0.348 e. The van der Waals surface area contributed by atoms with Crippen molar-refractivity contribution in [3.63, 3.8) is 0 Å². The molecule has 0 aliphatic rings. The van der Waals surface area contributed by atoms with E-state index in [9.17, 15) is 4.79 Å². The maximum absolute atomic E-state index is 12.9. The van der Waals surface area contributed by atoms with Crippen LogP contribution in [0.1, 0.15) is 34.0 Å². The first-order valence-electron chi connectivity index (χ1n) is 10.8. The van der Waals surface area contributed by atoms with Gasteiger partial charge in [0.1, 0.15) is 28.8 Å². The summed E-state index contributed by atoms with van der Waals surface area (Å²) in [5.74, 6) is 1.58. The van der Waals surface area contributed by atoms with Gasteiger partial charge >= 0.3 is 5.69 Å². The maximum atomic E-state index is 12.9. The number of H-pyrrole nitrogens is 1. The Bertz CT molecular complexity index is 1370. The van der Waals surface area contributed by atoms with Crippen LogP contribution >= 0.6 is 0 Å². The van der Waals surface area contributed by atoms with Crippen molar-refractivity contribution < 1.29 is 9.47 Å². The highest BCUT2D eigenvalue weighted by molar-refractivity contribution is 5.94. The van der Waals surface area contributed by atoms with Gasteiger partial charge in [0.15, 0.2) is 0 Å². The summed E-state index contributed by atoms with van der Waals surface area (Å²) in [6.45, 7) is 2.00. The molecular weight excluding hydrogens is 430 g/mol. The minimum atomic E-state index is -0.351. The van der Waals surface area contributed by atoms with E-state index in [0.717, 1.165) is 22.4 Å². The second-order valence-electron chi connectivity index (χ2n) is 8.05. The number of para-hydroxylation sites is 2. The molecule has 0 fully saturated rings. The molecule has 1 atom stereocenters. The number of rotatable bonds is 8. The largest absolute Gasteiger partial charge is 0.497 e. The highest BCUT2D eigenvalue weighted by atomic mass is 16.5. The van der Waals surface area contributed by atoms with Crippen molar-refractivity contribution in [1.82, 2.24) is 14.8 Å². The molecule has 8 heteroatoms. The van der Waals surface area contributed by atoms with E-state index in [1.54, 1.807) is 26.4 Å². The van der Waals surface area contributed by atoms with Gasteiger partial charge in [0.05, 0.1) is 14.2 Å². The Morgan fingerprint density at radius 2 is 1.82 bits per heavy atom. The molecule has 0 aliphatic carbocycles. The summed E-state index contributed by atoms with van der Waals surface area (Å²) in [5.41, 5.74) is 9.49. The zero-order valence-electron chi connectivity index (χ0n) is 19.3. The molecule has 0 spiro atoms. The number of amidine groups is 1. The first kappa shape index (κ1) is 22.8. The number of methoxy groups -OCH3 is 2. The summed E-state index contributed by atoms with van der Waals surface area (Å²) in [7, 11) is 3.19. The van der Waals surface area contributed by atoms with Gasteiger partial charge in [0, 0.05) is 11.5 Å². The highest BCUT2D eigenvalue weighted by Crippen LogP contribution is 2.30. The first-order chi connectivity index (χ1) is 16.4. The van der Waals surface area contributed by atoms with Crippen LogP contribution in [0, 0.1) is 12.3 Å². The van der Waals surface area contributed by atoms with Gasteiger partial charge in [-0.25, -0.2) is 4.79 Å². The quantitative estimate of drug-likeness (QED) is 0.276.